The summed E-state index contributed by atoms with van der Waals surface area (Å²) in [7, 11) is 3.61. The monoisotopic (exact) mass is 357 g/mol. The summed E-state index contributed by atoms with van der Waals surface area (Å²) in [5.41, 5.74) is 1.63. The summed E-state index contributed by atoms with van der Waals surface area (Å²) in [5.74, 6) is 0.606. The van der Waals surface area contributed by atoms with Gasteiger partial charge in [-0.1, -0.05) is 65.3 Å². The molecule has 0 aromatic heterocycles. The van der Waals surface area contributed by atoms with Crippen LogP contribution in [0.5, 0.6) is 0 Å². The van der Waals surface area contributed by atoms with Crippen LogP contribution in [-0.4, -0.2) is 39.3 Å². The molecule has 0 aromatic rings. The van der Waals surface area contributed by atoms with Gasteiger partial charge < -0.3 is 23.4 Å². The second-order valence-electron chi connectivity index (χ2n) is 6.05. The molecule has 1 aliphatic rings. The first kappa shape index (κ1) is 30.9. The number of hydrogen-bond acceptors (Lipinski definition) is 0. The zero-order chi connectivity index (χ0) is 16.7. The molecular formula is C19H39N3Ti. The van der Waals surface area contributed by atoms with Gasteiger partial charge in [0.2, 0.25) is 0 Å². The first-order valence-corrected chi connectivity index (χ1v) is 7.97. The summed E-state index contributed by atoms with van der Waals surface area (Å²) < 4.78 is 0. The minimum Gasteiger partial charge on any atom is -0.665 e. The Bertz CT molecular complexity index is 273. The smallest absolute Gasteiger partial charge is 0.665 e. The topological polar surface area (TPSA) is 42.3 Å². The van der Waals surface area contributed by atoms with Crippen molar-refractivity contribution in [1.29, 1.82) is 0 Å². The summed E-state index contributed by atoms with van der Waals surface area (Å²) >= 11 is 0. The van der Waals surface area contributed by atoms with Gasteiger partial charge in [-0.15, -0.1) is 12.1 Å². The molecule has 0 spiro atoms. The average molecular weight is 357 g/mol. The van der Waals surface area contributed by atoms with E-state index in [2.05, 4.69) is 61.9 Å². The Morgan fingerprint density at radius 3 is 1.78 bits per heavy atom. The van der Waals surface area contributed by atoms with Crippen LogP contribution in [-0.2, 0) is 21.7 Å². The number of hydrogen-bond donors (Lipinski definition) is 0. The molecule has 0 amide bonds. The summed E-state index contributed by atoms with van der Waals surface area (Å²) in [6, 6.07) is 0. The maximum absolute atomic E-state index is 4.63. The van der Waals surface area contributed by atoms with E-state index >= 15 is 0 Å². The van der Waals surface area contributed by atoms with Gasteiger partial charge in [0.15, 0.2) is 0 Å². The Hall–Kier alpha value is 0.0743. The molecule has 23 heavy (non-hydrogen) atoms. The van der Waals surface area contributed by atoms with E-state index in [1.165, 1.54) is 5.57 Å². The van der Waals surface area contributed by atoms with Crippen molar-refractivity contribution in [2.75, 3.05) is 33.7 Å². The van der Waals surface area contributed by atoms with E-state index in [1.807, 2.05) is 13.8 Å². The Kier molecular flexibility index (Phi) is 27.0. The van der Waals surface area contributed by atoms with Crippen LogP contribution in [0.25, 0.3) is 16.0 Å². The molecule has 0 bridgehead atoms. The molecule has 0 aromatic carbocycles. The SMILES string of the molecule is CC(C[N-]C(C)(C)C)C1=CC=CC1.CC[N-]C.CC[N-]C.[CH3-].[Ti+4]. The second-order valence-corrected chi connectivity index (χ2v) is 6.05. The van der Waals surface area contributed by atoms with E-state index < -0.39 is 0 Å². The van der Waals surface area contributed by atoms with Crippen molar-refractivity contribution in [2.24, 2.45) is 5.92 Å². The molecule has 3 nitrogen and oxygen atoms in total. The fraction of sp³-hybridized carbons (Fsp3) is 0.737. The van der Waals surface area contributed by atoms with Gasteiger partial charge in [0.05, 0.1) is 0 Å². The first-order chi connectivity index (χ1) is 9.82. The molecular weight excluding hydrogens is 318 g/mol. The normalized spacial score (nSPS) is 13.3. The van der Waals surface area contributed by atoms with Crippen molar-refractivity contribution in [2.45, 2.75) is 53.5 Å². The largest absolute Gasteiger partial charge is 4.00 e. The van der Waals surface area contributed by atoms with Crippen LogP contribution in [0.4, 0.5) is 0 Å². The van der Waals surface area contributed by atoms with Crippen LogP contribution in [0.2, 0.25) is 0 Å². The molecule has 4 heteroatoms. The molecule has 1 aliphatic carbocycles. The van der Waals surface area contributed by atoms with Gasteiger partial charge in [0.1, 0.15) is 0 Å². The maximum atomic E-state index is 4.63. The molecule has 0 saturated carbocycles. The van der Waals surface area contributed by atoms with Gasteiger partial charge in [-0.2, -0.15) is 27.2 Å². The van der Waals surface area contributed by atoms with Gasteiger partial charge >= 0.3 is 21.7 Å². The summed E-state index contributed by atoms with van der Waals surface area (Å²) in [6.45, 7) is 15.6. The molecule has 0 N–H and O–H groups in total. The third-order valence-electron chi connectivity index (χ3n) is 2.90. The minimum atomic E-state index is 0. The van der Waals surface area contributed by atoms with Crippen molar-refractivity contribution >= 4 is 0 Å². The minimum absolute atomic E-state index is 0. The predicted octanol–water partition coefficient (Wildman–Crippen LogP) is 6.15. The van der Waals surface area contributed by atoms with Gasteiger partial charge in [0.25, 0.3) is 0 Å². The van der Waals surface area contributed by atoms with Crippen molar-refractivity contribution in [3.8, 4) is 0 Å². The van der Waals surface area contributed by atoms with Crippen molar-refractivity contribution in [3.05, 3.63) is 47.2 Å². The van der Waals surface area contributed by atoms with Crippen LogP contribution >= 0.6 is 0 Å². The van der Waals surface area contributed by atoms with E-state index in [0.29, 0.717) is 5.92 Å². The summed E-state index contributed by atoms with van der Waals surface area (Å²) in [5, 5.41) is 12.1. The zero-order valence-corrected chi connectivity index (χ0v) is 18.5. The van der Waals surface area contributed by atoms with E-state index in [1.54, 1.807) is 14.1 Å². The van der Waals surface area contributed by atoms with Crippen LogP contribution in [0, 0.1) is 13.3 Å². The third-order valence-corrected chi connectivity index (χ3v) is 2.90. The Balaban J connectivity index is -0.000000153. The Morgan fingerprint density at radius 2 is 1.52 bits per heavy atom. The van der Waals surface area contributed by atoms with Crippen LogP contribution in [0.15, 0.2) is 23.8 Å². The van der Waals surface area contributed by atoms with Crippen molar-refractivity contribution < 1.29 is 21.7 Å². The summed E-state index contributed by atoms with van der Waals surface area (Å²) in [4.78, 5) is 0. The molecule has 0 saturated heterocycles. The third kappa shape index (κ3) is 24.4. The fourth-order valence-electron chi connectivity index (χ4n) is 1.36. The quantitative estimate of drug-likeness (QED) is 0.418. The van der Waals surface area contributed by atoms with Crippen LogP contribution in [0.1, 0.15) is 48.0 Å². The van der Waals surface area contributed by atoms with Crippen LogP contribution in [0.3, 0.4) is 0 Å². The van der Waals surface area contributed by atoms with E-state index in [0.717, 1.165) is 26.1 Å². The standard InChI is InChI=1S/C12H20N.2C3H8N.CH3.Ti/c1-10(9-13-12(2,3)4)11-7-5-6-8-11;2*1-3-4-2;;/h5-7,10H,8-9H2,1-4H3;2*3H2,1-2H3;1H3;/q4*-1;+4. The van der Waals surface area contributed by atoms with E-state index in [9.17, 15) is 0 Å². The maximum Gasteiger partial charge on any atom is 4.00 e. The average Bonchev–Trinajstić information content (AvgIpc) is 2.98. The van der Waals surface area contributed by atoms with Crippen LogP contribution < -0.4 is 0 Å². The van der Waals surface area contributed by atoms with Crippen molar-refractivity contribution in [3.63, 3.8) is 0 Å². The van der Waals surface area contributed by atoms with Gasteiger partial charge in [-0.05, 0) is 12.3 Å². The number of allylic oxidation sites excluding steroid dienone is 3. The second kappa shape index (κ2) is 20.1. The van der Waals surface area contributed by atoms with Gasteiger partial charge in [-0.3, -0.25) is 0 Å². The van der Waals surface area contributed by atoms with E-state index in [4.69, 9.17) is 0 Å². The molecule has 0 radical (unpaired) electrons. The first-order valence-electron chi connectivity index (χ1n) is 7.97. The molecule has 0 heterocycles. The van der Waals surface area contributed by atoms with E-state index in [-0.39, 0.29) is 34.7 Å². The summed E-state index contributed by atoms with van der Waals surface area (Å²) in [6.07, 6.45) is 7.70. The number of rotatable bonds is 5. The molecule has 0 fully saturated rings. The predicted molar refractivity (Wildman–Crippen MR) is 105 cm³/mol. The Morgan fingerprint density at radius 1 is 1.09 bits per heavy atom. The number of nitrogens with zero attached hydrogens (tertiary/aromatic N) is 3. The fourth-order valence-corrected chi connectivity index (χ4v) is 1.36. The zero-order valence-electron chi connectivity index (χ0n) is 17.0. The molecule has 1 atom stereocenters. The van der Waals surface area contributed by atoms with Gasteiger partial charge in [0, 0.05) is 0 Å². The van der Waals surface area contributed by atoms with Gasteiger partial charge in [-0.25, -0.2) is 0 Å². The molecule has 0 aliphatic heterocycles. The van der Waals surface area contributed by atoms with Crippen molar-refractivity contribution in [1.82, 2.24) is 0 Å². The molecule has 1 unspecified atom stereocenters. The Labute approximate surface area is 162 Å². The molecule has 1 rings (SSSR count). The molecule has 134 valence electrons.